The summed E-state index contributed by atoms with van der Waals surface area (Å²) in [7, 11) is 0. The summed E-state index contributed by atoms with van der Waals surface area (Å²) < 4.78 is 0. The Morgan fingerprint density at radius 1 is 1.16 bits per heavy atom. The highest BCUT2D eigenvalue weighted by atomic mass is 35.5. The number of aromatic nitrogens is 2. The van der Waals surface area contributed by atoms with Crippen LogP contribution >= 0.6 is 34.8 Å². The predicted molar refractivity (Wildman–Crippen MR) is 154 cm³/mol. The molecule has 0 amide bonds. The highest BCUT2D eigenvalue weighted by Gasteiger charge is 2.51. The molecule has 10 heteroatoms. The Bertz CT molecular complexity index is 1210. The fourth-order valence-electron chi connectivity index (χ4n) is 6.53. The Morgan fingerprint density at radius 3 is 2.63 bits per heavy atom. The molecule has 3 atom stereocenters. The molecule has 1 saturated carbocycles. The number of anilines is 2. The summed E-state index contributed by atoms with van der Waals surface area (Å²) in [5.41, 5.74) is 1.08. The molecule has 3 fully saturated rings. The third-order valence-electron chi connectivity index (χ3n) is 8.79. The number of hydrogen-bond acceptors (Lipinski definition) is 6. The quantitative estimate of drug-likeness (QED) is 0.370. The summed E-state index contributed by atoms with van der Waals surface area (Å²) in [4.78, 5) is 26.2. The number of nitrogens with one attached hydrogen (secondary N) is 1. The fraction of sp³-hybridized carbons (Fsp3) is 0.607. The van der Waals surface area contributed by atoms with Crippen LogP contribution in [-0.2, 0) is 4.79 Å². The first-order chi connectivity index (χ1) is 18.1. The molecule has 2 aliphatic heterocycles. The van der Waals surface area contributed by atoms with Crippen molar-refractivity contribution in [3.8, 4) is 0 Å². The van der Waals surface area contributed by atoms with Crippen molar-refractivity contribution < 1.29 is 9.90 Å². The molecule has 2 N–H and O–H groups in total. The van der Waals surface area contributed by atoms with Gasteiger partial charge in [0, 0.05) is 35.2 Å². The van der Waals surface area contributed by atoms with Gasteiger partial charge in [0.05, 0.1) is 17.2 Å². The molecule has 1 aromatic carbocycles. The predicted octanol–water partition coefficient (Wildman–Crippen LogP) is 6.85. The number of carbonyl (C=O) groups is 1. The van der Waals surface area contributed by atoms with Gasteiger partial charge in [0.2, 0.25) is 5.95 Å². The van der Waals surface area contributed by atoms with Gasteiger partial charge in [-0.3, -0.25) is 9.69 Å². The van der Waals surface area contributed by atoms with Crippen LogP contribution in [0.4, 0.5) is 11.8 Å². The number of benzene rings is 1. The van der Waals surface area contributed by atoms with Gasteiger partial charge in [-0.2, -0.15) is 4.98 Å². The summed E-state index contributed by atoms with van der Waals surface area (Å²) in [5, 5.41) is 14.7. The van der Waals surface area contributed by atoms with Crippen molar-refractivity contribution in [1.29, 1.82) is 0 Å². The SMILES string of the molecule is Cc1nc(N2CCC(C3CCCCN3C3CC(C)(C(=O)O)C3)C2)nc(NC(C)c2ccc(Cl)cc2Cl)c1Cl. The maximum Gasteiger partial charge on any atom is 0.309 e. The van der Waals surface area contributed by atoms with Gasteiger partial charge >= 0.3 is 5.97 Å². The highest BCUT2D eigenvalue weighted by molar-refractivity contribution is 6.35. The number of rotatable bonds is 7. The molecule has 38 heavy (non-hydrogen) atoms. The molecular weight excluding hydrogens is 545 g/mol. The van der Waals surface area contributed by atoms with E-state index in [1.807, 2.05) is 32.9 Å². The molecule has 3 aliphatic rings. The zero-order valence-corrected chi connectivity index (χ0v) is 24.5. The Morgan fingerprint density at radius 2 is 1.92 bits per heavy atom. The van der Waals surface area contributed by atoms with Crippen LogP contribution in [0.2, 0.25) is 15.1 Å². The number of halogens is 3. The highest BCUT2D eigenvalue weighted by Crippen LogP contribution is 2.46. The second kappa shape index (κ2) is 11.0. The third kappa shape index (κ3) is 5.45. The minimum Gasteiger partial charge on any atom is -0.481 e. The molecule has 7 nitrogen and oxygen atoms in total. The van der Waals surface area contributed by atoms with E-state index in [1.165, 1.54) is 19.3 Å². The minimum absolute atomic E-state index is 0.125. The number of aryl methyl sites for hydroxylation is 1. The Kier molecular flexibility index (Phi) is 8.03. The van der Waals surface area contributed by atoms with Crippen molar-refractivity contribution in [1.82, 2.24) is 14.9 Å². The molecule has 0 bridgehead atoms. The molecule has 1 aliphatic carbocycles. The maximum absolute atomic E-state index is 11.7. The summed E-state index contributed by atoms with van der Waals surface area (Å²) in [6, 6.07) is 6.20. The van der Waals surface area contributed by atoms with Gasteiger partial charge < -0.3 is 15.3 Å². The van der Waals surface area contributed by atoms with Crippen molar-refractivity contribution >= 4 is 52.5 Å². The number of carboxylic acids is 1. The van der Waals surface area contributed by atoms with E-state index in [-0.39, 0.29) is 6.04 Å². The molecule has 2 saturated heterocycles. The second-order valence-electron chi connectivity index (χ2n) is 11.5. The van der Waals surface area contributed by atoms with Gasteiger partial charge in [0.1, 0.15) is 5.02 Å². The molecule has 3 heterocycles. The summed E-state index contributed by atoms with van der Waals surface area (Å²) >= 11 is 19.1. The van der Waals surface area contributed by atoms with E-state index in [2.05, 4.69) is 15.1 Å². The average Bonchev–Trinajstić information content (AvgIpc) is 3.34. The fourth-order valence-corrected chi connectivity index (χ4v) is 7.24. The largest absolute Gasteiger partial charge is 0.481 e. The first kappa shape index (κ1) is 27.8. The molecule has 5 rings (SSSR count). The van der Waals surface area contributed by atoms with Crippen LogP contribution in [0.5, 0.6) is 0 Å². The lowest BCUT2D eigenvalue weighted by molar-refractivity contribution is -0.159. The lowest BCUT2D eigenvalue weighted by Gasteiger charge is -2.52. The summed E-state index contributed by atoms with van der Waals surface area (Å²) in [6.45, 7) is 8.66. The number of aliphatic carboxylic acids is 1. The number of carboxylic acid groups (broad SMARTS) is 1. The summed E-state index contributed by atoms with van der Waals surface area (Å²) in [5.74, 6) is 1.13. The van der Waals surface area contributed by atoms with Crippen molar-refractivity contribution in [2.45, 2.75) is 77.4 Å². The molecule has 1 aromatic heterocycles. The van der Waals surface area contributed by atoms with Crippen molar-refractivity contribution in [2.24, 2.45) is 11.3 Å². The van der Waals surface area contributed by atoms with Gasteiger partial charge in [-0.1, -0.05) is 47.3 Å². The standard InChI is InChI=1S/C28H36Cl3N5O2/c1-16(21-8-7-19(29)12-22(21)30)32-25-24(31)17(2)33-27(34-25)35-11-9-18(15-35)23-6-4-5-10-36(23)20-13-28(3,14-20)26(37)38/h7-8,12,16,18,20,23H,4-6,9-11,13-15H2,1-3H3,(H,37,38)(H,32,33,34). The lowest BCUT2D eigenvalue weighted by atomic mass is 9.65. The van der Waals surface area contributed by atoms with Crippen LogP contribution in [0.3, 0.4) is 0 Å². The maximum atomic E-state index is 11.7. The minimum atomic E-state index is -0.665. The van der Waals surface area contributed by atoms with Crippen molar-refractivity contribution in [2.75, 3.05) is 29.9 Å². The molecular formula is C28H36Cl3N5O2. The Labute approximate surface area is 239 Å². The van der Waals surface area contributed by atoms with Crippen molar-refractivity contribution in [3.05, 3.63) is 44.5 Å². The van der Waals surface area contributed by atoms with E-state index < -0.39 is 11.4 Å². The van der Waals surface area contributed by atoms with Crippen LogP contribution in [-0.4, -0.2) is 57.7 Å². The Balaban J connectivity index is 1.29. The van der Waals surface area contributed by atoms with Crippen molar-refractivity contribution in [3.63, 3.8) is 0 Å². The lowest BCUT2D eigenvalue weighted by Crippen LogP contribution is -2.58. The molecule has 0 spiro atoms. The zero-order chi connectivity index (χ0) is 27.2. The van der Waals surface area contributed by atoms with Gasteiger partial charge in [-0.15, -0.1) is 0 Å². The smallest absolute Gasteiger partial charge is 0.309 e. The molecule has 0 radical (unpaired) electrons. The van der Waals surface area contributed by atoms with E-state index in [0.717, 1.165) is 50.2 Å². The van der Waals surface area contributed by atoms with E-state index in [1.54, 1.807) is 6.07 Å². The van der Waals surface area contributed by atoms with Crippen LogP contribution in [0.15, 0.2) is 18.2 Å². The first-order valence-electron chi connectivity index (χ1n) is 13.6. The summed E-state index contributed by atoms with van der Waals surface area (Å²) in [6.07, 6.45) is 6.17. The molecule has 206 valence electrons. The number of hydrogen-bond donors (Lipinski definition) is 2. The van der Waals surface area contributed by atoms with Gasteiger partial charge in [-0.25, -0.2) is 4.98 Å². The van der Waals surface area contributed by atoms with Gasteiger partial charge in [0.25, 0.3) is 0 Å². The van der Waals surface area contributed by atoms with Gasteiger partial charge in [-0.05, 0) is 83.0 Å². The zero-order valence-electron chi connectivity index (χ0n) is 22.2. The monoisotopic (exact) mass is 579 g/mol. The number of nitrogens with zero attached hydrogens (tertiary/aromatic N) is 4. The average molecular weight is 581 g/mol. The Hall–Kier alpha value is -1.80. The first-order valence-corrected chi connectivity index (χ1v) is 14.7. The van der Waals surface area contributed by atoms with E-state index in [0.29, 0.717) is 44.8 Å². The van der Waals surface area contributed by atoms with Crippen LogP contribution in [0.25, 0.3) is 0 Å². The van der Waals surface area contributed by atoms with E-state index in [9.17, 15) is 9.90 Å². The second-order valence-corrected chi connectivity index (χ2v) is 12.7. The van der Waals surface area contributed by atoms with E-state index in [4.69, 9.17) is 44.8 Å². The van der Waals surface area contributed by atoms with E-state index >= 15 is 0 Å². The topological polar surface area (TPSA) is 81.6 Å². The van der Waals surface area contributed by atoms with Crippen LogP contribution < -0.4 is 10.2 Å². The number of piperidine rings is 1. The number of likely N-dealkylation sites (tertiary alicyclic amines) is 1. The third-order valence-corrected chi connectivity index (χ3v) is 9.80. The normalized spacial score (nSPS) is 28.7. The van der Waals surface area contributed by atoms with Gasteiger partial charge in [0.15, 0.2) is 5.82 Å². The molecule has 3 unspecified atom stereocenters. The van der Waals surface area contributed by atoms with Crippen LogP contribution in [0, 0.1) is 18.3 Å². The van der Waals surface area contributed by atoms with Crippen LogP contribution in [0.1, 0.15) is 69.7 Å². The molecule has 2 aromatic rings.